The standard InChI is InChI=1S/C28H30N4O5S/c33-27(22-7-6-10-24(21-22)38(35,36)32-17-19-37-20-18-32)29-26-12-5-4-11-25(26)28(34)31-15-13-30(14-16-31)23-8-2-1-3-9-23/h1-12,21H,13-20H2,(H,29,33). The van der Waals surface area contributed by atoms with E-state index in [9.17, 15) is 18.0 Å². The van der Waals surface area contributed by atoms with E-state index in [0.717, 1.165) is 5.69 Å². The van der Waals surface area contributed by atoms with Gasteiger partial charge in [0.25, 0.3) is 11.8 Å². The Morgan fingerprint density at radius 1 is 0.763 bits per heavy atom. The van der Waals surface area contributed by atoms with E-state index in [1.807, 2.05) is 18.2 Å². The molecule has 38 heavy (non-hydrogen) atoms. The summed E-state index contributed by atoms with van der Waals surface area (Å²) < 4.78 is 32.7. The van der Waals surface area contributed by atoms with Gasteiger partial charge in [-0.05, 0) is 42.5 Å². The van der Waals surface area contributed by atoms with Gasteiger partial charge >= 0.3 is 0 Å². The second kappa shape index (κ2) is 11.3. The Bertz CT molecular complexity index is 1400. The number of sulfonamides is 1. The van der Waals surface area contributed by atoms with E-state index in [4.69, 9.17) is 4.74 Å². The molecule has 0 saturated carbocycles. The van der Waals surface area contributed by atoms with Crippen LogP contribution >= 0.6 is 0 Å². The molecule has 198 valence electrons. The Kier molecular flexibility index (Phi) is 7.73. The fourth-order valence-corrected chi connectivity index (χ4v) is 6.14. The number of benzene rings is 3. The summed E-state index contributed by atoms with van der Waals surface area (Å²) in [7, 11) is -3.74. The van der Waals surface area contributed by atoms with Crippen molar-refractivity contribution in [3.05, 3.63) is 90.0 Å². The lowest BCUT2D eigenvalue weighted by Gasteiger charge is -2.36. The third-order valence-electron chi connectivity index (χ3n) is 6.80. The van der Waals surface area contributed by atoms with Gasteiger partial charge in [0.05, 0.1) is 29.4 Å². The number of anilines is 2. The highest BCUT2D eigenvalue weighted by molar-refractivity contribution is 7.89. The molecule has 3 aromatic carbocycles. The molecular formula is C28H30N4O5S. The number of piperazine rings is 1. The Morgan fingerprint density at radius 2 is 1.45 bits per heavy atom. The van der Waals surface area contributed by atoms with Crippen molar-refractivity contribution in [1.29, 1.82) is 0 Å². The number of nitrogens with zero attached hydrogens (tertiary/aromatic N) is 3. The normalized spacial score (nSPS) is 16.7. The van der Waals surface area contributed by atoms with Gasteiger partial charge in [0, 0.05) is 50.5 Å². The van der Waals surface area contributed by atoms with Gasteiger partial charge < -0.3 is 19.9 Å². The summed E-state index contributed by atoms with van der Waals surface area (Å²) in [5.41, 5.74) is 2.10. The van der Waals surface area contributed by atoms with Gasteiger partial charge in [-0.2, -0.15) is 4.31 Å². The third kappa shape index (κ3) is 5.57. The van der Waals surface area contributed by atoms with E-state index in [1.54, 1.807) is 41.3 Å². The molecule has 1 N–H and O–H groups in total. The fraction of sp³-hybridized carbons (Fsp3) is 0.286. The van der Waals surface area contributed by atoms with Crippen LogP contribution in [0.5, 0.6) is 0 Å². The number of amides is 2. The highest BCUT2D eigenvalue weighted by atomic mass is 32.2. The zero-order valence-electron chi connectivity index (χ0n) is 21.0. The van der Waals surface area contributed by atoms with E-state index in [-0.39, 0.29) is 29.5 Å². The van der Waals surface area contributed by atoms with Gasteiger partial charge in [0.15, 0.2) is 0 Å². The SMILES string of the molecule is O=C(Nc1ccccc1C(=O)N1CCN(c2ccccc2)CC1)c1cccc(S(=O)(=O)N2CCOCC2)c1. The van der Waals surface area contributed by atoms with Crippen LogP contribution in [-0.2, 0) is 14.8 Å². The first-order chi connectivity index (χ1) is 18.4. The molecule has 0 spiro atoms. The van der Waals surface area contributed by atoms with E-state index in [2.05, 4.69) is 22.3 Å². The summed E-state index contributed by atoms with van der Waals surface area (Å²) in [6.07, 6.45) is 0. The van der Waals surface area contributed by atoms with Crippen molar-refractivity contribution in [2.75, 3.05) is 62.7 Å². The number of nitrogens with one attached hydrogen (secondary N) is 1. The summed E-state index contributed by atoms with van der Waals surface area (Å²) in [6.45, 7) is 3.79. The van der Waals surface area contributed by atoms with E-state index < -0.39 is 15.9 Å². The van der Waals surface area contributed by atoms with Gasteiger partial charge in [0.1, 0.15) is 0 Å². The highest BCUT2D eigenvalue weighted by Crippen LogP contribution is 2.23. The van der Waals surface area contributed by atoms with Crippen molar-refractivity contribution < 1.29 is 22.7 Å². The van der Waals surface area contributed by atoms with Crippen LogP contribution < -0.4 is 10.2 Å². The maximum atomic E-state index is 13.4. The van der Waals surface area contributed by atoms with Gasteiger partial charge in [-0.1, -0.05) is 36.4 Å². The monoisotopic (exact) mass is 534 g/mol. The number of hydrogen-bond acceptors (Lipinski definition) is 6. The summed E-state index contributed by atoms with van der Waals surface area (Å²) in [5.74, 6) is -0.643. The minimum Gasteiger partial charge on any atom is -0.379 e. The molecule has 0 radical (unpaired) electrons. The van der Waals surface area contributed by atoms with E-state index >= 15 is 0 Å². The van der Waals surface area contributed by atoms with Crippen molar-refractivity contribution in [3.63, 3.8) is 0 Å². The number of hydrogen-bond donors (Lipinski definition) is 1. The molecule has 5 rings (SSSR count). The van der Waals surface area contributed by atoms with Crippen molar-refractivity contribution in [2.24, 2.45) is 0 Å². The van der Waals surface area contributed by atoms with Crippen LogP contribution in [0.25, 0.3) is 0 Å². The zero-order valence-corrected chi connectivity index (χ0v) is 21.8. The summed E-state index contributed by atoms with van der Waals surface area (Å²) in [5, 5.41) is 2.81. The molecule has 0 aliphatic carbocycles. The summed E-state index contributed by atoms with van der Waals surface area (Å²) >= 11 is 0. The molecule has 0 atom stereocenters. The number of carbonyl (C=O) groups excluding carboxylic acids is 2. The lowest BCUT2D eigenvalue weighted by atomic mass is 10.1. The largest absolute Gasteiger partial charge is 0.379 e. The molecule has 0 aromatic heterocycles. The lowest BCUT2D eigenvalue weighted by Crippen LogP contribution is -2.48. The van der Waals surface area contributed by atoms with Crippen molar-refractivity contribution >= 4 is 33.2 Å². The molecule has 2 amide bonds. The fourth-order valence-electron chi connectivity index (χ4n) is 4.68. The van der Waals surface area contributed by atoms with Crippen molar-refractivity contribution in [2.45, 2.75) is 4.90 Å². The summed E-state index contributed by atoms with van der Waals surface area (Å²) in [6, 6.07) is 22.9. The van der Waals surface area contributed by atoms with Crippen LogP contribution in [0.4, 0.5) is 11.4 Å². The number of para-hydroxylation sites is 2. The van der Waals surface area contributed by atoms with Gasteiger partial charge in [-0.15, -0.1) is 0 Å². The van der Waals surface area contributed by atoms with Crippen molar-refractivity contribution in [3.8, 4) is 0 Å². The minimum atomic E-state index is -3.74. The maximum Gasteiger partial charge on any atom is 0.256 e. The molecule has 2 heterocycles. The third-order valence-corrected chi connectivity index (χ3v) is 8.69. The number of rotatable bonds is 6. The van der Waals surface area contributed by atoms with Crippen LogP contribution in [-0.4, -0.2) is 81.9 Å². The first kappa shape index (κ1) is 25.9. The number of carbonyl (C=O) groups is 2. The predicted molar refractivity (Wildman–Crippen MR) is 145 cm³/mol. The molecule has 2 aliphatic heterocycles. The Balaban J connectivity index is 1.28. The van der Waals surface area contributed by atoms with Crippen LogP contribution in [0.2, 0.25) is 0 Å². The molecule has 9 nitrogen and oxygen atoms in total. The quantitative estimate of drug-likeness (QED) is 0.522. The zero-order chi connectivity index (χ0) is 26.5. The van der Waals surface area contributed by atoms with Crippen LogP contribution in [0.3, 0.4) is 0 Å². The van der Waals surface area contributed by atoms with E-state index in [1.165, 1.54) is 16.4 Å². The molecule has 2 saturated heterocycles. The Morgan fingerprint density at radius 3 is 2.18 bits per heavy atom. The van der Waals surface area contributed by atoms with Crippen LogP contribution in [0.15, 0.2) is 83.8 Å². The first-order valence-electron chi connectivity index (χ1n) is 12.6. The average molecular weight is 535 g/mol. The van der Waals surface area contributed by atoms with E-state index in [0.29, 0.717) is 50.6 Å². The molecule has 0 unspecified atom stereocenters. The first-order valence-corrected chi connectivity index (χ1v) is 14.0. The molecule has 3 aromatic rings. The maximum absolute atomic E-state index is 13.4. The Labute approximate surface area is 222 Å². The number of morpholine rings is 1. The molecule has 2 fully saturated rings. The van der Waals surface area contributed by atoms with Gasteiger partial charge in [0.2, 0.25) is 10.0 Å². The average Bonchev–Trinajstić information content (AvgIpc) is 2.98. The Hall–Kier alpha value is -3.73. The highest BCUT2D eigenvalue weighted by Gasteiger charge is 2.28. The van der Waals surface area contributed by atoms with Crippen LogP contribution in [0, 0.1) is 0 Å². The molecular weight excluding hydrogens is 504 g/mol. The predicted octanol–water partition coefficient (Wildman–Crippen LogP) is 2.92. The smallest absolute Gasteiger partial charge is 0.256 e. The second-order valence-electron chi connectivity index (χ2n) is 9.16. The van der Waals surface area contributed by atoms with Gasteiger partial charge in [-0.3, -0.25) is 9.59 Å². The second-order valence-corrected chi connectivity index (χ2v) is 11.1. The molecule has 10 heteroatoms. The van der Waals surface area contributed by atoms with Crippen molar-refractivity contribution in [1.82, 2.24) is 9.21 Å². The molecule has 0 bridgehead atoms. The van der Waals surface area contributed by atoms with Crippen LogP contribution in [0.1, 0.15) is 20.7 Å². The minimum absolute atomic E-state index is 0.0488. The molecule has 2 aliphatic rings. The summed E-state index contributed by atoms with van der Waals surface area (Å²) in [4.78, 5) is 30.6. The van der Waals surface area contributed by atoms with Gasteiger partial charge in [-0.25, -0.2) is 8.42 Å². The number of ether oxygens (including phenoxy) is 1. The lowest BCUT2D eigenvalue weighted by molar-refractivity contribution is 0.0730. The topological polar surface area (TPSA) is 99.3 Å².